The van der Waals surface area contributed by atoms with Crippen molar-refractivity contribution < 1.29 is 14.1 Å². The maximum Gasteiger partial charge on any atom is 0.276 e. The summed E-state index contributed by atoms with van der Waals surface area (Å²) < 4.78 is 11.3. The molecule has 27 heavy (non-hydrogen) atoms. The summed E-state index contributed by atoms with van der Waals surface area (Å²) in [7, 11) is 0. The van der Waals surface area contributed by atoms with Gasteiger partial charge >= 0.3 is 0 Å². The van der Waals surface area contributed by atoms with Gasteiger partial charge in [-0.3, -0.25) is 9.78 Å². The molecular weight excluding hydrogens is 342 g/mol. The highest BCUT2D eigenvalue weighted by Gasteiger charge is 2.26. The SMILES string of the molecule is O=C(c1cc(-c2cccnc2)on1)N1CCC(OCc2ccccc2)CC1. The Bertz CT molecular complexity index is 872. The summed E-state index contributed by atoms with van der Waals surface area (Å²) in [6.45, 7) is 1.93. The molecule has 0 atom stereocenters. The quantitative estimate of drug-likeness (QED) is 0.693. The van der Waals surface area contributed by atoms with Gasteiger partial charge < -0.3 is 14.2 Å². The lowest BCUT2D eigenvalue weighted by Gasteiger charge is -2.31. The standard InChI is InChI=1S/C21H21N3O3/c25-21(19-13-20(27-23-19)17-7-4-10-22-14-17)24-11-8-18(9-12-24)26-15-16-5-2-1-3-6-16/h1-7,10,13-14,18H,8-9,11-12,15H2. The molecule has 1 saturated heterocycles. The average Bonchev–Trinajstić information content (AvgIpc) is 3.24. The molecule has 2 aromatic heterocycles. The second kappa shape index (κ2) is 8.14. The smallest absolute Gasteiger partial charge is 0.276 e. The van der Waals surface area contributed by atoms with Crippen LogP contribution in [0.3, 0.4) is 0 Å². The van der Waals surface area contributed by atoms with Gasteiger partial charge in [0.05, 0.1) is 12.7 Å². The van der Waals surface area contributed by atoms with Crippen molar-refractivity contribution in [1.82, 2.24) is 15.0 Å². The van der Waals surface area contributed by atoms with Crippen molar-refractivity contribution in [3.05, 3.63) is 72.2 Å². The predicted molar refractivity (Wildman–Crippen MR) is 99.9 cm³/mol. The van der Waals surface area contributed by atoms with Crippen LogP contribution in [0.2, 0.25) is 0 Å². The topological polar surface area (TPSA) is 68.5 Å². The Kier molecular flexibility index (Phi) is 5.25. The number of carbonyl (C=O) groups is 1. The second-order valence-corrected chi connectivity index (χ2v) is 6.61. The number of rotatable bonds is 5. The lowest BCUT2D eigenvalue weighted by atomic mass is 10.1. The Morgan fingerprint density at radius 1 is 1.15 bits per heavy atom. The van der Waals surface area contributed by atoms with Crippen LogP contribution in [0, 0.1) is 0 Å². The van der Waals surface area contributed by atoms with E-state index in [1.165, 1.54) is 5.56 Å². The maximum absolute atomic E-state index is 12.7. The molecule has 3 heterocycles. The number of carbonyl (C=O) groups excluding carboxylic acids is 1. The van der Waals surface area contributed by atoms with E-state index >= 15 is 0 Å². The molecule has 138 valence electrons. The molecule has 1 fully saturated rings. The lowest BCUT2D eigenvalue weighted by molar-refractivity contribution is -0.000583. The summed E-state index contributed by atoms with van der Waals surface area (Å²) in [6.07, 6.45) is 5.20. The number of piperidine rings is 1. The van der Waals surface area contributed by atoms with Crippen molar-refractivity contribution in [3.63, 3.8) is 0 Å². The first-order valence-electron chi connectivity index (χ1n) is 9.11. The molecule has 3 aromatic rings. The van der Waals surface area contributed by atoms with Crippen LogP contribution in [0.15, 0.2) is 65.4 Å². The molecule has 0 N–H and O–H groups in total. The first kappa shape index (κ1) is 17.4. The molecule has 1 amide bonds. The molecule has 0 radical (unpaired) electrons. The van der Waals surface area contributed by atoms with Gasteiger partial charge in [0.1, 0.15) is 0 Å². The second-order valence-electron chi connectivity index (χ2n) is 6.61. The summed E-state index contributed by atoms with van der Waals surface area (Å²) in [6, 6.07) is 15.5. The summed E-state index contributed by atoms with van der Waals surface area (Å²) in [4.78, 5) is 18.5. The number of aromatic nitrogens is 2. The van der Waals surface area contributed by atoms with Crippen molar-refractivity contribution in [1.29, 1.82) is 0 Å². The number of nitrogens with zero attached hydrogens (tertiary/aromatic N) is 3. The normalized spacial score (nSPS) is 15.0. The van der Waals surface area contributed by atoms with E-state index in [0.29, 0.717) is 31.2 Å². The monoisotopic (exact) mass is 363 g/mol. The van der Waals surface area contributed by atoms with Gasteiger partial charge in [0.15, 0.2) is 11.5 Å². The van der Waals surface area contributed by atoms with Crippen LogP contribution < -0.4 is 0 Å². The molecule has 0 spiro atoms. The van der Waals surface area contributed by atoms with E-state index in [9.17, 15) is 4.79 Å². The summed E-state index contributed by atoms with van der Waals surface area (Å²) in [5.74, 6) is 0.447. The van der Waals surface area contributed by atoms with Crippen molar-refractivity contribution in [3.8, 4) is 11.3 Å². The number of likely N-dealkylation sites (tertiary alicyclic amines) is 1. The Hall–Kier alpha value is -2.99. The summed E-state index contributed by atoms with van der Waals surface area (Å²) in [5.41, 5.74) is 2.30. The molecule has 6 heteroatoms. The number of benzene rings is 1. The first-order chi connectivity index (χ1) is 13.3. The first-order valence-corrected chi connectivity index (χ1v) is 9.11. The number of ether oxygens (including phenoxy) is 1. The average molecular weight is 363 g/mol. The van der Waals surface area contributed by atoms with Crippen LogP contribution in [-0.2, 0) is 11.3 Å². The molecule has 1 aliphatic rings. The molecule has 0 bridgehead atoms. The van der Waals surface area contributed by atoms with Crippen molar-refractivity contribution >= 4 is 5.91 Å². The fourth-order valence-electron chi connectivity index (χ4n) is 3.20. The van der Waals surface area contributed by atoms with E-state index in [2.05, 4.69) is 22.3 Å². The van der Waals surface area contributed by atoms with E-state index < -0.39 is 0 Å². The molecule has 0 aliphatic carbocycles. The van der Waals surface area contributed by atoms with Crippen molar-refractivity contribution in [2.24, 2.45) is 0 Å². The molecule has 0 unspecified atom stereocenters. The van der Waals surface area contributed by atoms with Gasteiger partial charge in [-0.2, -0.15) is 0 Å². The molecular formula is C21H21N3O3. The number of hydrogen-bond acceptors (Lipinski definition) is 5. The fraction of sp³-hybridized carbons (Fsp3) is 0.286. The minimum absolute atomic E-state index is 0.101. The molecule has 4 rings (SSSR count). The fourth-order valence-corrected chi connectivity index (χ4v) is 3.20. The van der Waals surface area contributed by atoms with E-state index in [-0.39, 0.29) is 12.0 Å². The van der Waals surface area contributed by atoms with Gasteiger partial charge in [0.25, 0.3) is 5.91 Å². The Morgan fingerprint density at radius 3 is 2.70 bits per heavy atom. The van der Waals surface area contributed by atoms with Gasteiger partial charge in [-0.1, -0.05) is 35.5 Å². The van der Waals surface area contributed by atoms with Crippen LogP contribution in [0.1, 0.15) is 28.9 Å². The third-order valence-electron chi connectivity index (χ3n) is 4.73. The van der Waals surface area contributed by atoms with Crippen molar-refractivity contribution in [2.75, 3.05) is 13.1 Å². The summed E-state index contributed by atoms with van der Waals surface area (Å²) >= 11 is 0. The largest absolute Gasteiger partial charge is 0.373 e. The predicted octanol–water partition coefficient (Wildman–Crippen LogP) is 3.56. The third kappa shape index (κ3) is 4.23. The number of amides is 1. The highest BCUT2D eigenvalue weighted by Crippen LogP contribution is 2.22. The Labute approximate surface area is 157 Å². The third-order valence-corrected chi connectivity index (χ3v) is 4.73. The Morgan fingerprint density at radius 2 is 1.96 bits per heavy atom. The van der Waals surface area contributed by atoms with E-state index in [0.717, 1.165) is 18.4 Å². The number of hydrogen-bond donors (Lipinski definition) is 0. The maximum atomic E-state index is 12.7. The van der Waals surface area contributed by atoms with E-state index in [1.54, 1.807) is 18.5 Å². The number of pyridine rings is 1. The molecule has 6 nitrogen and oxygen atoms in total. The van der Waals surface area contributed by atoms with Gasteiger partial charge in [0, 0.05) is 37.1 Å². The lowest BCUT2D eigenvalue weighted by Crippen LogP contribution is -2.41. The van der Waals surface area contributed by atoms with Gasteiger partial charge in [0.2, 0.25) is 0 Å². The van der Waals surface area contributed by atoms with Crippen molar-refractivity contribution in [2.45, 2.75) is 25.6 Å². The zero-order valence-corrected chi connectivity index (χ0v) is 15.0. The minimum atomic E-state index is -0.101. The molecule has 1 aromatic carbocycles. The zero-order valence-electron chi connectivity index (χ0n) is 15.0. The van der Waals surface area contributed by atoms with Gasteiger partial charge in [-0.05, 0) is 30.5 Å². The van der Waals surface area contributed by atoms with Gasteiger partial charge in [-0.25, -0.2) is 0 Å². The summed E-state index contributed by atoms with van der Waals surface area (Å²) in [5, 5.41) is 3.94. The van der Waals surface area contributed by atoms with E-state index in [4.69, 9.17) is 9.26 Å². The highest BCUT2D eigenvalue weighted by molar-refractivity contribution is 5.93. The zero-order chi connectivity index (χ0) is 18.5. The molecule has 1 aliphatic heterocycles. The molecule has 0 saturated carbocycles. The van der Waals surface area contributed by atoms with Crippen LogP contribution in [0.4, 0.5) is 0 Å². The highest BCUT2D eigenvalue weighted by atomic mass is 16.5. The minimum Gasteiger partial charge on any atom is -0.373 e. The van der Waals surface area contributed by atoms with Crippen LogP contribution >= 0.6 is 0 Å². The van der Waals surface area contributed by atoms with Crippen LogP contribution in [0.25, 0.3) is 11.3 Å². The van der Waals surface area contributed by atoms with Crippen LogP contribution in [0.5, 0.6) is 0 Å². The van der Waals surface area contributed by atoms with E-state index in [1.807, 2.05) is 35.2 Å². The Balaban J connectivity index is 1.30. The van der Waals surface area contributed by atoms with Crippen LogP contribution in [-0.4, -0.2) is 40.1 Å². The van der Waals surface area contributed by atoms with Gasteiger partial charge in [-0.15, -0.1) is 0 Å².